The Hall–Kier alpha value is -0.840. The number of benzene rings is 1. The number of hydrogen-bond donors (Lipinski definition) is 2. The van der Waals surface area contributed by atoms with Crippen LogP contribution >= 0.6 is 11.6 Å². The number of halogens is 2. The molecule has 0 bridgehead atoms. The molecule has 0 aromatic heterocycles. The summed E-state index contributed by atoms with van der Waals surface area (Å²) in [5.41, 5.74) is 11.8. The molecule has 0 aliphatic carbocycles. The molecule has 1 atom stereocenters. The highest BCUT2D eigenvalue weighted by molar-refractivity contribution is 6.31. The maximum atomic E-state index is 13.2. The summed E-state index contributed by atoms with van der Waals surface area (Å²) in [7, 11) is 0. The Balaban J connectivity index is 3.10. The SMILES string of the molecule is CCCOc1cc(F)cc(Cl)c1C(N)CN. The first-order valence-corrected chi connectivity index (χ1v) is 5.55. The highest BCUT2D eigenvalue weighted by Crippen LogP contribution is 2.32. The van der Waals surface area contributed by atoms with Crippen LogP contribution in [0, 0.1) is 5.82 Å². The van der Waals surface area contributed by atoms with Crippen LogP contribution in [0.4, 0.5) is 4.39 Å². The quantitative estimate of drug-likeness (QED) is 0.838. The van der Waals surface area contributed by atoms with Gasteiger partial charge in [0.25, 0.3) is 0 Å². The van der Waals surface area contributed by atoms with Gasteiger partial charge in [0, 0.05) is 24.2 Å². The minimum atomic E-state index is -0.444. The largest absolute Gasteiger partial charge is 0.493 e. The molecule has 1 rings (SSSR count). The van der Waals surface area contributed by atoms with Gasteiger partial charge in [-0.25, -0.2) is 4.39 Å². The van der Waals surface area contributed by atoms with Crippen LogP contribution < -0.4 is 16.2 Å². The van der Waals surface area contributed by atoms with E-state index in [2.05, 4.69) is 0 Å². The van der Waals surface area contributed by atoms with Gasteiger partial charge < -0.3 is 16.2 Å². The molecule has 1 aromatic rings. The van der Waals surface area contributed by atoms with E-state index in [0.717, 1.165) is 6.42 Å². The van der Waals surface area contributed by atoms with E-state index in [1.807, 2.05) is 6.92 Å². The molecule has 0 heterocycles. The molecule has 4 N–H and O–H groups in total. The van der Waals surface area contributed by atoms with Crippen molar-refractivity contribution < 1.29 is 9.13 Å². The Morgan fingerprint density at radius 3 is 2.75 bits per heavy atom. The Labute approximate surface area is 99.5 Å². The summed E-state index contributed by atoms with van der Waals surface area (Å²) in [6.45, 7) is 2.68. The van der Waals surface area contributed by atoms with Crippen LogP contribution in [-0.2, 0) is 0 Å². The van der Waals surface area contributed by atoms with E-state index in [9.17, 15) is 4.39 Å². The Morgan fingerprint density at radius 2 is 2.19 bits per heavy atom. The van der Waals surface area contributed by atoms with E-state index in [1.165, 1.54) is 12.1 Å². The smallest absolute Gasteiger partial charge is 0.128 e. The zero-order valence-electron chi connectivity index (χ0n) is 9.17. The Kier molecular flexibility index (Phi) is 4.99. The lowest BCUT2D eigenvalue weighted by Gasteiger charge is -2.17. The summed E-state index contributed by atoms with van der Waals surface area (Å²) in [5.74, 6) is -0.0612. The first-order valence-electron chi connectivity index (χ1n) is 5.17. The van der Waals surface area contributed by atoms with Crippen molar-refractivity contribution in [1.29, 1.82) is 0 Å². The van der Waals surface area contributed by atoms with Gasteiger partial charge in [-0.05, 0) is 12.5 Å². The molecule has 3 nitrogen and oxygen atoms in total. The van der Waals surface area contributed by atoms with E-state index in [4.69, 9.17) is 27.8 Å². The van der Waals surface area contributed by atoms with Crippen molar-refractivity contribution in [3.8, 4) is 5.75 Å². The first kappa shape index (κ1) is 13.2. The van der Waals surface area contributed by atoms with Crippen LogP contribution in [0.3, 0.4) is 0 Å². The summed E-state index contributed by atoms with van der Waals surface area (Å²) < 4.78 is 18.6. The average molecular weight is 247 g/mol. The van der Waals surface area contributed by atoms with Crippen LogP contribution in [-0.4, -0.2) is 13.2 Å². The third-order valence-corrected chi connectivity index (χ3v) is 2.46. The van der Waals surface area contributed by atoms with Crippen LogP contribution in [0.2, 0.25) is 5.02 Å². The molecule has 0 saturated carbocycles. The first-order chi connectivity index (χ1) is 7.60. The number of hydrogen-bond acceptors (Lipinski definition) is 3. The maximum Gasteiger partial charge on any atom is 0.128 e. The summed E-state index contributed by atoms with van der Waals surface area (Å²) >= 11 is 5.93. The average Bonchev–Trinajstić information content (AvgIpc) is 2.24. The zero-order chi connectivity index (χ0) is 12.1. The molecule has 16 heavy (non-hydrogen) atoms. The second kappa shape index (κ2) is 6.03. The van der Waals surface area contributed by atoms with Crippen molar-refractivity contribution in [3.63, 3.8) is 0 Å². The van der Waals surface area contributed by atoms with Gasteiger partial charge in [0.2, 0.25) is 0 Å². The van der Waals surface area contributed by atoms with Crippen molar-refractivity contribution in [2.24, 2.45) is 11.5 Å². The van der Waals surface area contributed by atoms with Gasteiger partial charge in [0.05, 0.1) is 11.6 Å². The summed E-state index contributed by atoms with van der Waals surface area (Å²) in [6.07, 6.45) is 0.825. The Morgan fingerprint density at radius 1 is 1.50 bits per heavy atom. The van der Waals surface area contributed by atoms with Crippen LogP contribution in [0.5, 0.6) is 5.75 Å². The number of rotatable bonds is 5. The van der Waals surface area contributed by atoms with E-state index in [1.54, 1.807) is 0 Å². The fourth-order valence-electron chi connectivity index (χ4n) is 1.37. The highest BCUT2D eigenvalue weighted by atomic mass is 35.5. The molecule has 5 heteroatoms. The molecular weight excluding hydrogens is 231 g/mol. The summed E-state index contributed by atoms with van der Waals surface area (Å²) in [5, 5.41) is 0.254. The molecule has 0 amide bonds. The minimum absolute atomic E-state index is 0.230. The normalized spacial score (nSPS) is 12.6. The van der Waals surface area contributed by atoms with Gasteiger partial charge >= 0.3 is 0 Å². The number of nitrogens with two attached hydrogens (primary N) is 2. The molecule has 0 spiro atoms. The Bertz CT molecular complexity index is 360. The van der Waals surface area contributed by atoms with Gasteiger partial charge in [-0.3, -0.25) is 0 Å². The molecule has 0 aliphatic rings. The van der Waals surface area contributed by atoms with Crippen molar-refractivity contribution >= 4 is 11.6 Å². The van der Waals surface area contributed by atoms with E-state index >= 15 is 0 Å². The van der Waals surface area contributed by atoms with Crippen LogP contribution in [0.25, 0.3) is 0 Å². The van der Waals surface area contributed by atoms with Crippen molar-refractivity contribution in [1.82, 2.24) is 0 Å². The molecule has 1 unspecified atom stereocenters. The van der Waals surface area contributed by atoms with Gasteiger partial charge in [-0.2, -0.15) is 0 Å². The third-order valence-electron chi connectivity index (χ3n) is 2.14. The van der Waals surface area contributed by atoms with Gasteiger partial charge in [0.15, 0.2) is 0 Å². The van der Waals surface area contributed by atoms with Crippen LogP contribution in [0.15, 0.2) is 12.1 Å². The van der Waals surface area contributed by atoms with Crippen molar-refractivity contribution in [2.75, 3.05) is 13.2 Å². The molecule has 0 aliphatic heterocycles. The van der Waals surface area contributed by atoms with Crippen molar-refractivity contribution in [2.45, 2.75) is 19.4 Å². The van der Waals surface area contributed by atoms with Gasteiger partial charge in [-0.15, -0.1) is 0 Å². The van der Waals surface area contributed by atoms with E-state index in [0.29, 0.717) is 17.9 Å². The molecule has 0 radical (unpaired) electrons. The molecule has 0 fully saturated rings. The second-order valence-corrected chi connectivity index (χ2v) is 3.90. The molecule has 0 saturated heterocycles. The maximum absolute atomic E-state index is 13.2. The monoisotopic (exact) mass is 246 g/mol. The number of ether oxygens (including phenoxy) is 1. The highest BCUT2D eigenvalue weighted by Gasteiger charge is 2.16. The van der Waals surface area contributed by atoms with Gasteiger partial charge in [-0.1, -0.05) is 18.5 Å². The van der Waals surface area contributed by atoms with E-state index in [-0.39, 0.29) is 11.6 Å². The summed E-state index contributed by atoms with van der Waals surface area (Å²) in [4.78, 5) is 0. The second-order valence-electron chi connectivity index (χ2n) is 3.49. The van der Waals surface area contributed by atoms with Gasteiger partial charge in [0.1, 0.15) is 11.6 Å². The predicted molar refractivity (Wildman–Crippen MR) is 63.2 cm³/mol. The standard InChI is InChI=1S/C11H16ClFN2O/c1-2-3-16-10-5-7(13)4-8(12)11(10)9(15)6-14/h4-5,9H,2-3,6,14-15H2,1H3. The minimum Gasteiger partial charge on any atom is -0.493 e. The zero-order valence-corrected chi connectivity index (χ0v) is 9.93. The fourth-order valence-corrected chi connectivity index (χ4v) is 1.71. The topological polar surface area (TPSA) is 61.3 Å². The van der Waals surface area contributed by atoms with E-state index < -0.39 is 11.9 Å². The lowest BCUT2D eigenvalue weighted by molar-refractivity contribution is 0.310. The fraction of sp³-hybridized carbons (Fsp3) is 0.455. The van der Waals surface area contributed by atoms with Crippen molar-refractivity contribution in [3.05, 3.63) is 28.5 Å². The van der Waals surface area contributed by atoms with Crippen LogP contribution in [0.1, 0.15) is 24.9 Å². The molecular formula is C11H16ClFN2O. The summed E-state index contributed by atoms with van der Waals surface area (Å²) in [6, 6.07) is 2.05. The lowest BCUT2D eigenvalue weighted by atomic mass is 10.1. The predicted octanol–water partition coefficient (Wildman–Crippen LogP) is 2.23. The third kappa shape index (κ3) is 3.07. The molecule has 1 aromatic carbocycles. The molecule has 90 valence electrons. The lowest BCUT2D eigenvalue weighted by Crippen LogP contribution is -2.22.